The van der Waals surface area contributed by atoms with E-state index in [1.807, 2.05) is 69.3 Å². The summed E-state index contributed by atoms with van der Waals surface area (Å²) < 4.78 is 1.03. The molecule has 0 aliphatic heterocycles. The first-order valence-corrected chi connectivity index (χ1v) is 12.8. The van der Waals surface area contributed by atoms with Gasteiger partial charge in [-0.15, -0.1) is 11.8 Å². The number of benzene rings is 2. The zero-order chi connectivity index (χ0) is 22.8. The van der Waals surface area contributed by atoms with Crippen molar-refractivity contribution in [3.05, 3.63) is 69.2 Å². The van der Waals surface area contributed by atoms with Crippen molar-refractivity contribution < 1.29 is 9.59 Å². The molecule has 4 nitrogen and oxygen atoms in total. The lowest BCUT2D eigenvalue weighted by Gasteiger charge is -2.31. The zero-order valence-corrected chi connectivity index (χ0v) is 21.4. The Balaban J connectivity index is 2.12. The molecule has 2 amide bonds. The van der Waals surface area contributed by atoms with Crippen molar-refractivity contribution in [2.75, 3.05) is 12.3 Å². The number of carbonyl (C=O) groups is 2. The molecule has 0 unspecified atom stereocenters. The summed E-state index contributed by atoms with van der Waals surface area (Å²) in [6, 6.07) is 15.0. The van der Waals surface area contributed by atoms with Crippen LogP contribution in [0.15, 0.2) is 53.0 Å². The van der Waals surface area contributed by atoms with E-state index in [1.165, 1.54) is 0 Å². The van der Waals surface area contributed by atoms with Gasteiger partial charge in [0, 0.05) is 28.3 Å². The van der Waals surface area contributed by atoms with Crippen LogP contribution in [-0.4, -0.2) is 35.1 Å². The minimum atomic E-state index is -0.532. The normalized spacial score (nSPS) is 11.9. The molecule has 0 aliphatic rings. The Morgan fingerprint density at radius 3 is 2.42 bits per heavy atom. The molecular weight excluding hydrogens is 496 g/mol. The molecule has 2 rings (SSSR count). The van der Waals surface area contributed by atoms with E-state index >= 15 is 0 Å². The van der Waals surface area contributed by atoms with Crippen LogP contribution in [0.3, 0.4) is 0 Å². The summed E-state index contributed by atoms with van der Waals surface area (Å²) in [6.07, 6.45) is 0.539. The lowest BCUT2D eigenvalue weighted by Crippen LogP contribution is -2.50. The van der Waals surface area contributed by atoms with Crippen LogP contribution in [0.2, 0.25) is 5.02 Å². The van der Waals surface area contributed by atoms with Crippen LogP contribution in [0.5, 0.6) is 0 Å². The summed E-state index contributed by atoms with van der Waals surface area (Å²) in [5.41, 5.74) is 1.99. The summed E-state index contributed by atoms with van der Waals surface area (Å²) in [5, 5.41) is 3.58. The van der Waals surface area contributed by atoms with Crippen molar-refractivity contribution >= 4 is 51.1 Å². The van der Waals surface area contributed by atoms with Crippen LogP contribution in [0.4, 0.5) is 0 Å². The fourth-order valence-electron chi connectivity index (χ4n) is 3.07. The van der Waals surface area contributed by atoms with E-state index in [9.17, 15) is 9.59 Å². The van der Waals surface area contributed by atoms with Crippen molar-refractivity contribution in [2.24, 2.45) is 5.92 Å². The summed E-state index contributed by atoms with van der Waals surface area (Å²) in [5.74, 6) is 1.20. The molecule has 2 aromatic carbocycles. The topological polar surface area (TPSA) is 49.4 Å². The summed E-state index contributed by atoms with van der Waals surface area (Å²) >= 11 is 11.3. The molecule has 2 aromatic rings. The molecule has 0 saturated heterocycles. The molecule has 0 heterocycles. The van der Waals surface area contributed by atoms with E-state index in [2.05, 4.69) is 21.2 Å². The molecule has 168 valence electrons. The molecule has 7 heteroatoms. The smallest absolute Gasteiger partial charge is 0.242 e. The van der Waals surface area contributed by atoms with Gasteiger partial charge in [-0.2, -0.15) is 0 Å². The highest BCUT2D eigenvalue weighted by Gasteiger charge is 2.29. The number of rotatable bonds is 11. The first-order chi connectivity index (χ1) is 14.8. The van der Waals surface area contributed by atoms with Crippen molar-refractivity contribution in [1.82, 2.24) is 10.2 Å². The van der Waals surface area contributed by atoms with Crippen LogP contribution in [0.25, 0.3) is 0 Å². The number of nitrogens with zero attached hydrogens (tertiary/aromatic N) is 1. The van der Waals surface area contributed by atoms with Crippen molar-refractivity contribution in [3.8, 4) is 0 Å². The van der Waals surface area contributed by atoms with Gasteiger partial charge in [0.25, 0.3) is 0 Å². The van der Waals surface area contributed by atoms with Gasteiger partial charge in [0.15, 0.2) is 0 Å². The van der Waals surface area contributed by atoms with E-state index in [0.29, 0.717) is 36.2 Å². The monoisotopic (exact) mass is 524 g/mol. The number of nitrogens with one attached hydrogen (secondary N) is 1. The molecule has 0 aliphatic carbocycles. The highest BCUT2D eigenvalue weighted by atomic mass is 79.9. The molecule has 0 saturated carbocycles. The maximum atomic E-state index is 13.2. The van der Waals surface area contributed by atoms with Crippen LogP contribution in [-0.2, 0) is 21.9 Å². The molecule has 0 radical (unpaired) electrons. The number of halogens is 2. The molecule has 0 fully saturated rings. The molecular formula is C24H30BrClN2O2S. The molecule has 0 aromatic heterocycles. The van der Waals surface area contributed by atoms with Crippen LogP contribution in [0.1, 0.15) is 38.3 Å². The second kappa shape index (κ2) is 13.1. The standard InChI is InChI=1S/C24H30BrClN2O2S/c1-4-22(24(30)27-13-17(2)3)28(14-19-7-5-6-8-21(19)26)23(29)16-31-15-18-9-11-20(25)12-10-18/h5-12,17,22H,4,13-16H2,1-3H3,(H,27,30)/t22-/m0/s1. The average molecular weight is 526 g/mol. The Labute approximate surface area is 203 Å². The summed E-state index contributed by atoms with van der Waals surface area (Å²) in [7, 11) is 0. The predicted octanol–water partition coefficient (Wildman–Crippen LogP) is 5.92. The highest BCUT2D eigenvalue weighted by molar-refractivity contribution is 9.10. The van der Waals surface area contributed by atoms with E-state index < -0.39 is 6.04 Å². The quantitative estimate of drug-likeness (QED) is 0.396. The minimum absolute atomic E-state index is 0.0615. The lowest BCUT2D eigenvalue weighted by molar-refractivity contribution is -0.139. The van der Waals surface area contributed by atoms with Crippen molar-refractivity contribution in [2.45, 2.75) is 45.5 Å². The number of hydrogen-bond acceptors (Lipinski definition) is 3. The van der Waals surface area contributed by atoms with Crippen molar-refractivity contribution in [1.29, 1.82) is 0 Å². The van der Waals surface area contributed by atoms with Gasteiger partial charge in [0.1, 0.15) is 6.04 Å². The van der Waals surface area contributed by atoms with Crippen LogP contribution < -0.4 is 5.32 Å². The first kappa shape index (κ1) is 25.8. The third kappa shape index (κ3) is 8.51. The predicted molar refractivity (Wildman–Crippen MR) is 134 cm³/mol. The molecule has 1 N–H and O–H groups in total. The van der Waals surface area contributed by atoms with Crippen LogP contribution in [0, 0.1) is 5.92 Å². The van der Waals surface area contributed by atoms with E-state index in [0.717, 1.165) is 21.4 Å². The second-order valence-electron chi connectivity index (χ2n) is 7.80. The van der Waals surface area contributed by atoms with E-state index in [4.69, 9.17) is 11.6 Å². The molecule has 0 bridgehead atoms. The fraction of sp³-hybridized carbons (Fsp3) is 0.417. The maximum Gasteiger partial charge on any atom is 0.242 e. The van der Waals surface area contributed by atoms with E-state index in [1.54, 1.807) is 16.7 Å². The Kier molecular flexibility index (Phi) is 10.9. The minimum Gasteiger partial charge on any atom is -0.354 e. The SMILES string of the molecule is CC[C@@H](C(=O)NCC(C)C)N(Cc1ccccc1Cl)C(=O)CSCc1ccc(Br)cc1. The van der Waals surface area contributed by atoms with Gasteiger partial charge in [-0.1, -0.05) is 78.6 Å². The number of hydrogen-bond donors (Lipinski definition) is 1. The summed E-state index contributed by atoms with van der Waals surface area (Å²) in [4.78, 5) is 27.8. The molecule has 31 heavy (non-hydrogen) atoms. The number of carbonyl (C=O) groups excluding carboxylic acids is 2. The number of amides is 2. The van der Waals surface area contributed by atoms with Crippen LogP contribution >= 0.6 is 39.3 Å². The largest absolute Gasteiger partial charge is 0.354 e. The third-order valence-corrected chi connectivity index (χ3v) is 6.66. The second-order valence-corrected chi connectivity index (χ2v) is 10.1. The molecule has 1 atom stereocenters. The average Bonchev–Trinajstić information content (AvgIpc) is 2.74. The Morgan fingerprint density at radius 1 is 1.13 bits per heavy atom. The zero-order valence-electron chi connectivity index (χ0n) is 18.2. The third-order valence-electron chi connectivity index (χ3n) is 4.78. The highest BCUT2D eigenvalue weighted by Crippen LogP contribution is 2.22. The number of thioether (sulfide) groups is 1. The Bertz CT molecular complexity index is 861. The summed E-state index contributed by atoms with van der Waals surface area (Å²) in [6.45, 7) is 6.92. The fourth-order valence-corrected chi connectivity index (χ4v) is 4.40. The van der Waals surface area contributed by atoms with Crippen molar-refractivity contribution in [3.63, 3.8) is 0 Å². The van der Waals surface area contributed by atoms with Gasteiger partial charge >= 0.3 is 0 Å². The van der Waals surface area contributed by atoms with Gasteiger partial charge in [0.05, 0.1) is 5.75 Å². The Morgan fingerprint density at radius 2 is 1.81 bits per heavy atom. The van der Waals surface area contributed by atoms with Gasteiger partial charge in [0.2, 0.25) is 11.8 Å². The van der Waals surface area contributed by atoms with Gasteiger partial charge in [-0.25, -0.2) is 0 Å². The first-order valence-electron chi connectivity index (χ1n) is 10.4. The molecule has 0 spiro atoms. The Hall–Kier alpha value is -1.50. The maximum absolute atomic E-state index is 13.2. The van der Waals surface area contributed by atoms with E-state index in [-0.39, 0.29) is 11.8 Å². The van der Waals surface area contributed by atoms with Gasteiger partial charge in [-0.05, 0) is 41.7 Å². The lowest BCUT2D eigenvalue weighted by atomic mass is 10.1. The van der Waals surface area contributed by atoms with Gasteiger partial charge in [-0.3, -0.25) is 9.59 Å². The van der Waals surface area contributed by atoms with Gasteiger partial charge < -0.3 is 10.2 Å².